The molecule has 1 rings (SSSR count). The van der Waals surface area contributed by atoms with Crippen LogP contribution in [0.15, 0.2) is 18.2 Å². The maximum Gasteiger partial charge on any atom is 0.334 e. The quantitative estimate of drug-likeness (QED) is 0.903. The van der Waals surface area contributed by atoms with E-state index < -0.39 is 11.5 Å². The zero-order valence-electron chi connectivity index (χ0n) is 11.6. The zero-order chi connectivity index (χ0) is 15.5. The van der Waals surface area contributed by atoms with Gasteiger partial charge in [0.15, 0.2) is 5.54 Å². The first-order chi connectivity index (χ1) is 9.26. The summed E-state index contributed by atoms with van der Waals surface area (Å²) in [5.41, 5.74) is -1.24. The summed E-state index contributed by atoms with van der Waals surface area (Å²) in [5.74, 6) is -1.47. The molecule has 0 saturated carbocycles. The summed E-state index contributed by atoms with van der Waals surface area (Å²) in [6.07, 6.45) is 0.640. The van der Waals surface area contributed by atoms with E-state index in [1.165, 1.54) is 18.7 Å². The molecule has 1 N–H and O–H groups in total. The van der Waals surface area contributed by atoms with Crippen LogP contribution in [0, 0.1) is 0 Å². The third kappa shape index (κ3) is 2.91. The van der Waals surface area contributed by atoms with E-state index in [4.69, 9.17) is 23.2 Å². The van der Waals surface area contributed by atoms with Gasteiger partial charge in [-0.25, -0.2) is 4.79 Å². The molecule has 1 aromatic rings. The first kappa shape index (κ1) is 16.8. The number of carbonyl (C=O) groups is 2. The Hall–Kier alpha value is -1.26. The Labute approximate surface area is 128 Å². The summed E-state index contributed by atoms with van der Waals surface area (Å²) >= 11 is 12.1. The van der Waals surface area contributed by atoms with Gasteiger partial charge in [0.25, 0.3) is 0 Å². The fourth-order valence-corrected chi connectivity index (χ4v) is 2.66. The van der Waals surface area contributed by atoms with Crippen LogP contribution in [0.1, 0.15) is 32.8 Å². The highest BCUT2D eigenvalue weighted by Crippen LogP contribution is 2.37. The minimum absolute atomic E-state index is 0.154. The Bertz CT molecular complexity index is 533. The third-order valence-corrected chi connectivity index (χ3v) is 4.08. The van der Waals surface area contributed by atoms with Crippen LogP contribution in [0.3, 0.4) is 0 Å². The second-order valence-corrected chi connectivity index (χ2v) is 5.43. The van der Waals surface area contributed by atoms with Crippen LogP contribution in [-0.4, -0.2) is 28.4 Å². The highest BCUT2D eigenvalue weighted by Gasteiger charge is 2.44. The van der Waals surface area contributed by atoms with E-state index in [2.05, 4.69) is 0 Å². The van der Waals surface area contributed by atoms with Crippen LogP contribution in [0.5, 0.6) is 0 Å². The molecule has 0 aliphatic carbocycles. The van der Waals surface area contributed by atoms with Gasteiger partial charge < -0.3 is 10.0 Å². The summed E-state index contributed by atoms with van der Waals surface area (Å²) in [7, 11) is 0. The van der Waals surface area contributed by atoms with Gasteiger partial charge in [0.2, 0.25) is 5.91 Å². The van der Waals surface area contributed by atoms with Gasteiger partial charge in [0, 0.05) is 19.0 Å². The molecule has 1 amide bonds. The largest absolute Gasteiger partial charge is 0.479 e. The van der Waals surface area contributed by atoms with Crippen molar-refractivity contribution in [3.05, 3.63) is 33.8 Å². The molecule has 0 aliphatic heterocycles. The van der Waals surface area contributed by atoms with E-state index in [0.29, 0.717) is 18.5 Å². The highest BCUT2D eigenvalue weighted by atomic mass is 35.5. The van der Waals surface area contributed by atoms with E-state index in [-0.39, 0.29) is 16.0 Å². The summed E-state index contributed by atoms with van der Waals surface area (Å²) in [5, 5.41) is 10.1. The fourth-order valence-electron chi connectivity index (χ4n) is 2.18. The average molecular weight is 318 g/mol. The molecule has 0 saturated heterocycles. The smallest absolute Gasteiger partial charge is 0.334 e. The van der Waals surface area contributed by atoms with Crippen molar-refractivity contribution in [2.24, 2.45) is 0 Å². The molecule has 6 heteroatoms. The monoisotopic (exact) mass is 317 g/mol. The minimum atomic E-state index is -1.55. The minimum Gasteiger partial charge on any atom is -0.479 e. The number of carboxylic acids is 1. The van der Waals surface area contributed by atoms with E-state index in [9.17, 15) is 14.7 Å². The summed E-state index contributed by atoms with van der Waals surface area (Å²) in [4.78, 5) is 24.9. The molecular formula is C14H17Cl2NO3. The molecule has 0 aromatic heterocycles. The number of halogens is 2. The number of carboxylic acid groups (broad SMARTS) is 1. The van der Waals surface area contributed by atoms with Crippen LogP contribution in [0.4, 0.5) is 0 Å². The molecule has 0 radical (unpaired) electrons. The number of hydrogen-bond donors (Lipinski definition) is 1. The molecule has 0 heterocycles. The van der Waals surface area contributed by atoms with E-state index in [1.54, 1.807) is 18.2 Å². The molecule has 0 aliphatic rings. The van der Waals surface area contributed by atoms with Gasteiger partial charge in [-0.1, -0.05) is 42.3 Å². The first-order valence-corrected chi connectivity index (χ1v) is 6.98. The lowest BCUT2D eigenvalue weighted by Crippen LogP contribution is -2.52. The number of amides is 1. The lowest BCUT2D eigenvalue weighted by Gasteiger charge is -2.38. The van der Waals surface area contributed by atoms with Gasteiger partial charge in [-0.2, -0.15) is 0 Å². The second kappa shape index (κ2) is 6.46. The standard InChI is InChI=1S/C14H17Cl2NO3/c1-4-8-17(9(2)18)14(3,13(19)20)10-6-5-7-11(15)12(10)16/h5-7H,4,8H2,1-3H3,(H,19,20). The lowest BCUT2D eigenvalue weighted by molar-refractivity contribution is -0.158. The van der Waals surface area contributed by atoms with Crippen molar-refractivity contribution in [1.82, 2.24) is 4.90 Å². The topological polar surface area (TPSA) is 57.6 Å². The second-order valence-electron chi connectivity index (χ2n) is 4.65. The normalized spacial score (nSPS) is 13.7. The highest BCUT2D eigenvalue weighted by molar-refractivity contribution is 6.42. The maximum absolute atomic E-state index is 11.8. The number of carbonyl (C=O) groups excluding carboxylic acids is 1. The van der Waals surface area contributed by atoms with Crippen molar-refractivity contribution < 1.29 is 14.7 Å². The molecule has 1 atom stereocenters. The van der Waals surface area contributed by atoms with Crippen LogP contribution in [0.2, 0.25) is 10.0 Å². The molecule has 110 valence electrons. The molecule has 0 spiro atoms. The van der Waals surface area contributed by atoms with Crippen molar-refractivity contribution in [1.29, 1.82) is 0 Å². The van der Waals surface area contributed by atoms with Crippen molar-refractivity contribution in [2.45, 2.75) is 32.7 Å². The summed E-state index contributed by atoms with van der Waals surface area (Å²) < 4.78 is 0. The van der Waals surface area contributed by atoms with E-state index >= 15 is 0 Å². The summed E-state index contributed by atoms with van der Waals surface area (Å²) in [6.45, 7) is 5.00. The molecular weight excluding hydrogens is 301 g/mol. The zero-order valence-corrected chi connectivity index (χ0v) is 13.1. The fraction of sp³-hybridized carbons (Fsp3) is 0.429. The Kier molecular flexibility index (Phi) is 5.42. The lowest BCUT2D eigenvalue weighted by atomic mass is 9.89. The van der Waals surface area contributed by atoms with Gasteiger partial charge >= 0.3 is 5.97 Å². The molecule has 0 bridgehead atoms. The van der Waals surface area contributed by atoms with Crippen LogP contribution < -0.4 is 0 Å². The van der Waals surface area contributed by atoms with Gasteiger partial charge in [0.05, 0.1) is 10.0 Å². The predicted octanol–water partition coefficient (Wildman–Crippen LogP) is 3.55. The number of hydrogen-bond acceptors (Lipinski definition) is 2. The Morgan fingerprint density at radius 3 is 2.40 bits per heavy atom. The predicted molar refractivity (Wildman–Crippen MR) is 79.1 cm³/mol. The van der Waals surface area contributed by atoms with E-state index in [0.717, 1.165) is 0 Å². The van der Waals surface area contributed by atoms with Crippen LogP contribution in [-0.2, 0) is 15.1 Å². The number of nitrogens with zero attached hydrogens (tertiary/aromatic N) is 1. The number of rotatable bonds is 5. The molecule has 0 fully saturated rings. The first-order valence-electron chi connectivity index (χ1n) is 6.22. The average Bonchev–Trinajstić information content (AvgIpc) is 2.37. The number of aliphatic carboxylic acids is 1. The van der Waals surface area contributed by atoms with Crippen molar-refractivity contribution >= 4 is 35.1 Å². The Morgan fingerprint density at radius 1 is 1.35 bits per heavy atom. The third-order valence-electron chi connectivity index (χ3n) is 3.26. The molecule has 20 heavy (non-hydrogen) atoms. The van der Waals surface area contributed by atoms with Crippen molar-refractivity contribution in [3.63, 3.8) is 0 Å². The Balaban J connectivity index is 3.52. The van der Waals surface area contributed by atoms with Crippen molar-refractivity contribution in [2.75, 3.05) is 6.54 Å². The molecule has 4 nitrogen and oxygen atoms in total. The molecule has 1 unspecified atom stereocenters. The van der Waals surface area contributed by atoms with Gasteiger partial charge in [-0.05, 0) is 19.4 Å². The number of benzene rings is 1. The maximum atomic E-state index is 11.8. The summed E-state index contributed by atoms with van der Waals surface area (Å²) in [6, 6.07) is 4.77. The molecule has 1 aromatic carbocycles. The van der Waals surface area contributed by atoms with Gasteiger partial charge in [-0.15, -0.1) is 0 Å². The van der Waals surface area contributed by atoms with Crippen LogP contribution >= 0.6 is 23.2 Å². The van der Waals surface area contributed by atoms with Gasteiger partial charge in [-0.3, -0.25) is 4.79 Å². The van der Waals surface area contributed by atoms with E-state index in [1.807, 2.05) is 6.92 Å². The van der Waals surface area contributed by atoms with Gasteiger partial charge in [0.1, 0.15) is 0 Å². The van der Waals surface area contributed by atoms with Crippen LogP contribution in [0.25, 0.3) is 0 Å². The SMILES string of the molecule is CCCN(C(C)=O)C(C)(C(=O)O)c1cccc(Cl)c1Cl. The van der Waals surface area contributed by atoms with Crippen molar-refractivity contribution in [3.8, 4) is 0 Å². The Morgan fingerprint density at radius 2 is 1.95 bits per heavy atom.